The van der Waals surface area contributed by atoms with Crippen LogP contribution in [-0.4, -0.2) is 50.2 Å². The van der Waals surface area contributed by atoms with Gasteiger partial charge in [-0.15, -0.1) is 0 Å². The zero-order valence-corrected chi connectivity index (χ0v) is 20.7. The fourth-order valence-electron chi connectivity index (χ4n) is 7.12. The van der Waals surface area contributed by atoms with Gasteiger partial charge in [-0.25, -0.2) is 4.79 Å². The van der Waals surface area contributed by atoms with E-state index in [-0.39, 0.29) is 11.5 Å². The molecule has 0 N–H and O–H groups in total. The molecule has 0 spiro atoms. The van der Waals surface area contributed by atoms with Crippen LogP contribution in [0, 0.1) is 17.3 Å². The van der Waals surface area contributed by atoms with Crippen molar-refractivity contribution in [1.82, 2.24) is 0 Å². The summed E-state index contributed by atoms with van der Waals surface area (Å²) < 4.78 is 17.9. The Balaban J connectivity index is 1.42. The quantitative estimate of drug-likeness (QED) is 0.298. The van der Waals surface area contributed by atoms with Crippen molar-refractivity contribution in [2.75, 3.05) is 33.5 Å². The molecule has 0 heterocycles. The molecular formula is C27H42NO4+. The highest BCUT2D eigenvalue weighted by molar-refractivity contribution is 5.60. The number of aryl methyl sites for hydroxylation is 1. The minimum absolute atomic E-state index is 0.0232. The number of quaternary nitrogens is 1. The van der Waals surface area contributed by atoms with Crippen molar-refractivity contribution in [2.45, 2.75) is 78.2 Å². The van der Waals surface area contributed by atoms with Gasteiger partial charge in [-0.2, -0.15) is 0 Å². The molecule has 1 aromatic carbocycles. The van der Waals surface area contributed by atoms with Crippen LogP contribution in [0.3, 0.4) is 0 Å². The first-order valence-corrected chi connectivity index (χ1v) is 12.7. The second kappa shape index (κ2) is 9.24. The second-order valence-electron chi connectivity index (χ2n) is 10.5. The molecule has 0 aromatic heterocycles. The summed E-state index contributed by atoms with van der Waals surface area (Å²) in [6.45, 7) is 12.1. The lowest BCUT2D eigenvalue weighted by Gasteiger charge is -2.50. The topological polar surface area (TPSA) is 44.8 Å². The van der Waals surface area contributed by atoms with E-state index >= 15 is 0 Å². The van der Waals surface area contributed by atoms with Gasteiger partial charge in [0, 0.05) is 5.41 Å². The monoisotopic (exact) mass is 444 g/mol. The minimum Gasteiger partial charge on any atom is -0.497 e. The molecule has 0 bridgehead atoms. The van der Waals surface area contributed by atoms with Crippen LogP contribution < -0.4 is 4.74 Å². The predicted octanol–water partition coefficient (Wildman–Crippen LogP) is 5.91. The standard InChI is InChI=1S/C27H42NO4/c1-6-28(7-2,8-3)18-31-26(29)32-25-14-13-24-23-11-9-19-17-20(30-5)10-12-21(19)22(23)15-16-27(24,25)4/h10,12,17,22-25H,6-9,11,13-16,18H2,1-5H3/q+1/t22-,23-,24+,25+,27+/m1/s1. The van der Waals surface area contributed by atoms with Crippen LogP contribution in [0.1, 0.15) is 76.8 Å². The van der Waals surface area contributed by atoms with Crippen LogP contribution in [0.4, 0.5) is 4.79 Å². The number of hydrogen-bond donors (Lipinski definition) is 0. The summed E-state index contributed by atoms with van der Waals surface area (Å²) in [5, 5.41) is 0. The Morgan fingerprint density at radius 1 is 1.09 bits per heavy atom. The van der Waals surface area contributed by atoms with Gasteiger partial charge < -0.3 is 14.2 Å². The average Bonchev–Trinajstić information content (AvgIpc) is 3.15. The molecule has 5 nitrogen and oxygen atoms in total. The highest BCUT2D eigenvalue weighted by Crippen LogP contribution is 2.61. The van der Waals surface area contributed by atoms with Crippen LogP contribution in [0.25, 0.3) is 0 Å². The number of nitrogens with zero attached hydrogens (tertiary/aromatic N) is 1. The van der Waals surface area contributed by atoms with E-state index in [4.69, 9.17) is 14.2 Å². The van der Waals surface area contributed by atoms with Crippen molar-refractivity contribution in [2.24, 2.45) is 17.3 Å². The van der Waals surface area contributed by atoms with Gasteiger partial charge in [-0.1, -0.05) is 13.0 Å². The third-order valence-corrected chi connectivity index (χ3v) is 9.55. The molecule has 0 radical (unpaired) electrons. The normalized spacial score (nSPS) is 31.3. The molecule has 0 aliphatic heterocycles. The summed E-state index contributed by atoms with van der Waals surface area (Å²) in [5.74, 6) is 2.90. The summed E-state index contributed by atoms with van der Waals surface area (Å²) in [7, 11) is 1.74. The van der Waals surface area contributed by atoms with Gasteiger partial charge in [-0.3, -0.25) is 4.48 Å². The van der Waals surface area contributed by atoms with Crippen LogP contribution in [0.5, 0.6) is 5.75 Å². The Kier molecular flexibility index (Phi) is 6.76. The van der Waals surface area contributed by atoms with Crippen molar-refractivity contribution >= 4 is 6.16 Å². The molecule has 2 fully saturated rings. The first kappa shape index (κ1) is 23.4. The lowest BCUT2D eigenvalue weighted by molar-refractivity contribution is -0.939. The van der Waals surface area contributed by atoms with E-state index in [0.29, 0.717) is 24.5 Å². The maximum Gasteiger partial charge on any atom is 0.512 e. The third kappa shape index (κ3) is 4.02. The Labute approximate surface area is 194 Å². The molecule has 5 atom stereocenters. The molecule has 2 saturated carbocycles. The Hall–Kier alpha value is -1.75. The smallest absolute Gasteiger partial charge is 0.497 e. The fourth-order valence-corrected chi connectivity index (χ4v) is 7.12. The molecular weight excluding hydrogens is 402 g/mol. The highest BCUT2D eigenvalue weighted by atomic mass is 16.7. The van der Waals surface area contributed by atoms with E-state index in [9.17, 15) is 4.79 Å². The van der Waals surface area contributed by atoms with Crippen molar-refractivity contribution < 1.29 is 23.5 Å². The lowest BCUT2D eigenvalue weighted by atomic mass is 9.55. The number of benzene rings is 1. The van der Waals surface area contributed by atoms with Crippen molar-refractivity contribution in [3.05, 3.63) is 29.3 Å². The Morgan fingerprint density at radius 2 is 1.84 bits per heavy atom. The minimum atomic E-state index is -0.474. The highest BCUT2D eigenvalue weighted by Gasteiger charge is 2.56. The number of hydrogen-bond acceptors (Lipinski definition) is 4. The molecule has 0 amide bonds. The molecule has 3 aliphatic rings. The number of methoxy groups -OCH3 is 1. The van der Waals surface area contributed by atoms with Gasteiger partial charge in [0.15, 0.2) is 0 Å². The number of fused-ring (bicyclic) bond motifs is 5. The van der Waals surface area contributed by atoms with Crippen LogP contribution in [-0.2, 0) is 15.9 Å². The maximum atomic E-state index is 12.7. The predicted molar refractivity (Wildman–Crippen MR) is 126 cm³/mol. The summed E-state index contributed by atoms with van der Waals surface area (Å²) in [6.07, 6.45) is 6.26. The number of carbonyl (C=O) groups is 1. The molecule has 0 saturated heterocycles. The largest absolute Gasteiger partial charge is 0.512 e. The van der Waals surface area contributed by atoms with Gasteiger partial charge in [0.2, 0.25) is 6.73 Å². The zero-order valence-electron chi connectivity index (χ0n) is 20.7. The Bertz CT molecular complexity index is 812. The van der Waals surface area contributed by atoms with Gasteiger partial charge in [0.25, 0.3) is 0 Å². The Morgan fingerprint density at radius 3 is 2.53 bits per heavy atom. The van der Waals surface area contributed by atoms with Crippen molar-refractivity contribution in [3.8, 4) is 5.75 Å². The van der Waals surface area contributed by atoms with E-state index < -0.39 is 6.16 Å². The van der Waals surface area contributed by atoms with E-state index in [1.165, 1.54) is 24.0 Å². The number of ether oxygens (including phenoxy) is 3. The van der Waals surface area contributed by atoms with Crippen LogP contribution in [0.2, 0.25) is 0 Å². The molecule has 5 heteroatoms. The summed E-state index contributed by atoms with van der Waals surface area (Å²) in [4.78, 5) is 12.7. The van der Waals surface area contributed by atoms with E-state index in [1.54, 1.807) is 7.11 Å². The van der Waals surface area contributed by atoms with E-state index in [0.717, 1.165) is 55.6 Å². The van der Waals surface area contributed by atoms with Crippen LogP contribution >= 0.6 is 0 Å². The molecule has 4 rings (SSSR count). The summed E-state index contributed by atoms with van der Waals surface area (Å²) >= 11 is 0. The van der Waals surface area contributed by atoms with Gasteiger partial charge in [0.1, 0.15) is 11.9 Å². The third-order valence-electron chi connectivity index (χ3n) is 9.55. The maximum absolute atomic E-state index is 12.7. The van der Waals surface area contributed by atoms with Crippen LogP contribution in [0.15, 0.2) is 18.2 Å². The van der Waals surface area contributed by atoms with Gasteiger partial charge >= 0.3 is 6.16 Å². The van der Waals surface area contributed by atoms with Gasteiger partial charge in [-0.05, 0) is 100 Å². The second-order valence-corrected chi connectivity index (χ2v) is 10.5. The van der Waals surface area contributed by atoms with Crippen molar-refractivity contribution in [1.29, 1.82) is 0 Å². The molecule has 0 unspecified atom stereocenters. The first-order valence-electron chi connectivity index (χ1n) is 12.7. The fraction of sp³-hybridized carbons (Fsp3) is 0.741. The van der Waals surface area contributed by atoms with E-state index in [2.05, 4.69) is 45.9 Å². The zero-order chi connectivity index (χ0) is 22.9. The number of rotatable bonds is 7. The lowest BCUT2D eigenvalue weighted by Crippen LogP contribution is -2.50. The average molecular weight is 445 g/mol. The summed E-state index contributed by atoms with van der Waals surface area (Å²) in [6, 6.07) is 6.65. The first-order chi connectivity index (χ1) is 15.4. The number of carbonyl (C=O) groups excluding carboxylic acids is 1. The molecule has 3 aliphatic carbocycles. The van der Waals surface area contributed by atoms with Crippen molar-refractivity contribution in [3.63, 3.8) is 0 Å². The SMILES string of the molecule is CC[N+](CC)(CC)COC(=O)O[C@H]1CC[C@H]2[C@@H]3CCc4cc(OC)ccc4[C@H]3CC[C@]12C. The molecule has 1 aromatic rings. The molecule has 32 heavy (non-hydrogen) atoms. The summed E-state index contributed by atoms with van der Waals surface area (Å²) in [5.41, 5.74) is 3.06. The molecule has 178 valence electrons. The van der Waals surface area contributed by atoms with E-state index in [1.807, 2.05) is 0 Å². The van der Waals surface area contributed by atoms with Gasteiger partial charge in [0.05, 0.1) is 26.7 Å².